The number of nitrogens with zero attached hydrogens (tertiary/aromatic N) is 2. The molecular weight excluding hydrogens is 275 g/mol. The molecule has 0 heterocycles. The minimum absolute atomic E-state index is 0.205. The lowest BCUT2D eigenvalue weighted by molar-refractivity contribution is 0.249. The van der Waals surface area contributed by atoms with E-state index in [0.717, 1.165) is 43.6 Å². The van der Waals surface area contributed by atoms with E-state index in [0.29, 0.717) is 12.5 Å². The fraction of sp³-hybridized carbons (Fsp3) is 0.737. The van der Waals surface area contributed by atoms with E-state index in [-0.39, 0.29) is 5.83 Å². The second kappa shape index (κ2) is 11.4. The lowest BCUT2D eigenvalue weighted by Gasteiger charge is -2.32. The van der Waals surface area contributed by atoms with Gasteiger partial charge < -0.3 is 4.90 Å². The molecule has 0 aromatic carbocycles. The summed E-state index contributed by atoms with van der Waals surface area (Å²) < 4.78 is 14.0. The van der Waals surface area contributed by atoms with Crippen molar-refractivity contribution >= 4 is 6.21 Å². The van der Waals surface area contributed by atoms with Crippen LogP contribution in [-0.4, -0.2) is 23.7 Å². The van der Waals surface area contributed by atoms with Crippen molar-refractivity contribution in [3.63, 3.8) is 0 Å². The van der Waals surface area contributed by atoms with Gasteiger partial charge in [0.05, 0.1) is 6.21 Å². The summed E-state index contributed by atoms with van der Waals surface area (Å²) in [4.78, 5) is 6.87. The third-order valence-electron chi connectivity index (χ3n) is 4.13. The van der Waals surface area contributed by atoms with Crippen molar-refractivity contribution in [3.8, 4) is 0 Å². The first-order valence-electron chi connectivity index (χ1n) is 8.78. The molecule has 0 aliphatic rings. The number of rotatable bonds is 10. The van der Waals surface area contributed by atoms with E-state index in [1.807, 2.05) is 13.8 Å². The van der Waals surface area contributed by atoms with Crippen LogP contribution in [-0.2, 0) is 0 Å². The topological polar surface area (TPSA) is 15.6 Å². The van der Waals surface area contributed by atoms with E-state index in [9.17, 15) is 4.39 Å². The third-order valence-corrected chi connectivity index (χ3v) is 4.13. The van der Waals surface area contributed by atoms with Gasteiger partial charge in [-0.25, -0.2) is 9.38 Å². The van der Waals surface area contributed by atoms with E-state index in [4.69, 9.17) is 0 Å². The highest BCUT2D eigenvalue weighted by atomic mass is 19.1. The molecule has 1 atom stereocenters. The average Bonchev–Trinajstić information content (AvgIpc) is 2.52. The van der Waals surface area contributed by atoms with Crippen molar-refractivity contribution in [1.82, 2.24) is 4.90 Å². The Morgan fingerprint density at radius 3 is 2.09 bits per heavy atom. The molecular formula is C19H35FN2. The minimum atomic E-state index is -0.205. The zero-order valence-electron chi connectivity index (χ0n) is 15.7. The van der Waals surface area contributed by atoms with E-state index < -0.39 is 0 Å². The van der Waals surface area contributed by atoms with Gasteiger partial charge in [-0.05, 0) is 57.6 Å². The van der Waals surface area contributed by atoms with Crippen LogP contribution in [0.5, 0.6) is 0 Å². The van der Waals surface area contributed by atoms with Gasteiger partial charge in [0.25, 0.3) is 0 Å². The summed E-state index contributed by atoms with van der Waals surface area (Å²) in [7, 11) is 0. The summed E-state index contributed by atoms with van der Waals surface area (Å²) in [5, 5.41) is 0. The molecule has 0 radical (unpaired) electrons. The Morgan fingerprint density at radius 2 is 1.64 bits per heavy atom. The molecule has 0 saturated heterocycles. The highest BCUT2D eigenvalue weighted by Crippen LogP contribution is 2.21. The number of hydrogen-bond donors (Lipinski definition) is 0. The molecule has 0 N–H and O–H groups in total. The first-order valence-corrected chi connectivity index (χ1v) is 8.78. The number of hydrogen-bond acceptors (Lipinski definition) is 2. The molecule has 22 heavy (non-hydrogen) atoms. The molecule has 0 spiro atoms. The van der Waals surface area contributed by atoms with Gasteiger partial charge in [0, 0.05) is 12.6 Å². The summed E-state index contributed by atoms with van der Waals surface area (Å²) in [6.45, 7) is 15.6. The van der Waals surface area contributed by atoms with E-state index in [1.165, 1.54) is 11.8 Å². The number of allylic oxidation sites excluding steroid dienone is 3. The number of aliphatic imine (C=N–C) groups is 1. The van der Waals surface area contributed by atoms with Crippen molar-refractivity contribution in [3.05, 3.63) is 22.8 Å². The molecule has 0 saturated carbocycles. The maximum atomic E-state index is 14.0. The molecule has 1 unspecified atom stereocenters. The Bertz CT molecular complexity index is 408. The van der Waals surface area contributed by atoms with Crippen LogP contribution >= 0.6 is 0 Å². The van der Waals surface area contributed by atoms with Crippen LogP contribution in [0.3, 0.4) is 0 Å². The van der Waals surface area contributed by atoms with Gasteiger partial charge in [-0.2, -0.15) is 0 Å². The quantitative estimate of drug-likeness (QED) is 0.435. The van der Waals surface area contributed by atoms with Crippen molar-refractivity contribution in [2.45, 2.75) is 86.6 Å². The van der Waals surface area contributed by atoms with Gasteiger partial charge in [0.15, 0.2) is 0 Å². The normalized spacial score (nSPS) is 15.6. The SMILES string of the molecule is CCCC(C)N(CCC)C(/N=C\C(F)=C(/C)CC)=C(/C)CC. The maximum absolute atomic E-state index is 14.0. The molecule has 2 nitrogen and oxygen atoms in total. The van der Waals surface area contributed by atoms with Gasteiger partial charge in [-0.3, -0.25) is 0 Å². The van der Waals surface area contributed by atoms with Gasteiger partial charge in [-0.15, -0.1) is 0 Å². The predicted octanol–water partition coefficient (Wildman–Crippen LogP) is 6.25. The Morgan fingerprint density at radius 1 is 1.05 bits per heavy atom. The highest BCUT2D eigenvalue weighted by Gasteiger charge is 2.16. The van der Waals surface area contributed by atoms with Gasteiger partial charge in [0.1, 0.15) is 11.6 Å². The first kappa shape index (κ1) is 20.9. The fourth-order valence-electron chi connectivity index (χ4n) is 2.33. The molecule has 0 aromatic heterocycles. The molecule has 0 aromatic rings. The van der Waals surface area contributed by atoms with E-state index in [1.54, 1.807) is 0 Å². The van der Waals surface area contributed by atoms with Crippen LogP contribution in [0.25, 0.3) is 0 Å². The second-order valence-electron chi connectivity index (χ2n) is 6.03. The monoisotopic (exact) mass is 310 g/mol. The first-order chi connectivity index (χ1) is 10.4. The molecule has 0 bridgehead atoms. The minimum Gasteiger partial charge on any atom is -0.354 e. The van der Waals surface area contributed by atoms with Crippen molar-refractivity contribution < 1.29 is 4.39 Å². The average molecular weight is 311 g/mol. The summed E-state index contributed by atoms with van der Waals surface area (Å²) in [5.74, 6) is 0.743. The largest absolute Gasteiger partial charge is 0.354 e. The smallest absolute Gasteiger partial charge is 0.140 e. The van der Waals surface area contributed by atoms with Crippen LogP contribution in [0, 0.1) is 0 Å². The molecule has 3 heteroatoms. The standard InChI is InChI=1S/C19H35FN2/c1-8-12-17(7)22(13-9-2)19(16(6)11-4)21-14-18(20)15(5)10-3/h14,17H,8-13H2,1-7H3/b18-15-,19-16-,21-14-. The van der Waals surface area contributed by atoms with Crippen LogP contribution in [0.2, 0.25) is 0 Å². The van der Waals surface area contributed by atoms with Crippen LogP contribution in [0.4, 0.5) is 4.39 Å². The summed E-state index contributed by atoms with van der Waals surface area (Å²) in [6.07, 6.45) is 6.39. The van der Waals surface area contributed by atoms with Crippen molar-refractivity contribution in [2.75, 3.05) is 6.54 Å². The Hall–Kier alpha value is -1.12. The van der Waals surface area contributed by atoms with Crippen LogP contribution in [0.15, 0.2) is 27.8 Å². The van der Waals surface area contributed by atoms with E-state index in [2.05, 4.69) is 44.5 Å². The maximum Gasteiger partial charge on any atom is 0.140 e. The predicted molar refractivity (Wildman–Crippen MR) is 96.9 cm³/mol. The number of halogens is 1. The Balaban J connectivity index is 5.56. The molecule has 0 amide bonds. The van der Waals surface area contributed by atoms with Crippen molar-refractivity contribution in [2.24, 2.45) is 4.99 Å². The molecule has 0 rings (SSSR count). The Kier molecular flexibility index (Phi) is 10.9. The fourth-order valence-corrected chi connectivity index (χ4v) is 2.33. The summed E-state index contributed by atoms with van der Waals surface area (Å²) in [6, 6.07) is 0.429. The zero-order chi connectivity index (χ0) is 17.1. The van der Waals surface area contributed by atoms with Gasteiger partial charge in [0.2, 0.25) is 0 Å². The van der Waals surface area contributed by atoms with E-state index >= 15 is 0 Å². The third kappa shape index (κ3) is 6.76. The molecule has 128 valence electrons. The van der Waals surface area contributed by atoms with Crippen molar-refractivity contribution in [1.29, 1.82) is 0 Å². The Labute approximate surface area is 137 Å². The second-order valence-corrected chi connectivity index (χ2v) is 6.03. The molecule has 0 aliphatic heterocycles. The zero-order valence-corrected chi connectivity index (χ0v) is 15.7. The highest BCUT2D eigenvalue weighted by molar-refractivity contribution is 5.77. The van der Waals surface area contributed by atoms with Gasteiger partial charge >= 0.3 is 0 Å². The van der Waals surface area contributed by atoms with Crippen LogP contribution < -0.4 is 0 Å². The molecule has 0 fully saturated rings. The molecule has 0 aliphatic carbocycles. The van der Waals surface area contributed by atoms with Gasteiger partial charge in [-0.1, -0.05) is 34.1 Å². The van der Waals surface area contributed by atoms with Crippen LogP contribution in [0.1, 0.15) is 80.6 Å². The summed E-state index contributed by atoms with van der Waals surface area (Å²) in [5.41, 5.74) is 1.97. The lowest BCUT2D eigenvalue weighted by atomic mass is 10.1. The lowest BCUT2D eigenvalue weighted by Crippen LogP contribution is -2.33. The summed E-state index contributed by atoms with van der Waals surface area (Å²) >= 11 is 0.